The molecule has 0 aromatic heterocycles. The van der Waals surface area contributed by atoms with Crippen LogP contribution in [0.2, 0.25) is 0 Å². The number of fused-ring (bicyclic) bond motifs is 1. The summed E-state index contributed by atoms with van der Waals surface area (Å²) in [6.45, 7) is 6.43. The normalized spacial score (nSPS) is 21.2. The van der Waals surface area contributed by atoms with E-state index < -0.39 is 0 Å². The molecule has 1 N–H and O–H groups in total. The first-order valence-corrected chi connectivity index (χ1v) is 14.2. The van der Waals surface area contributed by atoms with E-state index in [0.29, 0.717) is 19.8 Å². The summed E-state index contributed by atoms with van der Waals surface area (Å²) in [5, 5.41) is 3.65. The van der Waals surface area contributed by atoms with Crippen LogP contribution in [0.1, 0.15) is 43.2 Å². The lowest BCUT2D eigenvalue weighted by atomic mass is 9.82. The fourth-order valence-electron chi connectivity index (χ4n) is 5.49. The maximum atomic E-state index is 12.0. The van der Waals surface area contributed by atoms with E-state index in [4.69, 9.17) is 23.7 Å². The zero-order valence-electron chi connectivity index (χ0n) is 24.6. The molecule has 2 aliphatic heterocycles. The summed E-state index contributed by atoms with van der Waals surface area (Å²) < 4.78 is 28.7. The van der Waals surface area contributed by atoms with E-state index in [1.807, 2.05) is 19.1 Å². The third-order valence-electron chi connectivity index (χ3n) is 7.65. The molecule has 0 spiro atoms. The summed E-state index contributed by atoms with van der Waals surface area (Å²) in [6, 6.07) is 14.8. The van der Waals surface area contributed by atoms with Crippen molar-refractivity contribution in [1.29, 1.82) is 0 Å². The molecule has 1 fully saturated rings. The summed E-state index contributed by atoms with van der Waals surface area (Å²) >= 11 is 0. The van der Waals surface area contributed by atoms with E-state index in [9.17, 15) is 4.79 Å². The molecule has 2 heterocycles. The van der Waals surface area contributed by atoms with Crippen molar-refractivity contribution < 1.29 is 28.5 Å². The van der Waals surface area contributed by atoms with Crippen molar-refractivity contribution in [2.45, 2.75) is 57.0 Å². The molecule has 1 saturated heterocycles. The maximum Gasteiger partial charge on any atom is 0.409 e. The molecule has 4 atom stereocenters. The van der Waals surface area contributed by atoms with Gasteiger partial charge in [-0.2, -0.15) is 0 Å². The molecule has 0 radical (unpaired) electrons. The SMILES string of the molecule is COCCCN1CCOc2ccc(COC3CN[C@@H](CC(C)OC(=O)N(C)C)CC3c3ccc(OC)cc3)cc21. The van der Waals surface area contributed by atoms with Gasteiger partial charge in [-0.15, -0.1) is 0 Å². The standard InChI is InChI=1S/C31H45N3O6/c1-22(40-31(35)33(2)3)17-25-19-27(24-8-10-26(37-5)11-9-24)30(20-32-25)39-21-23-7-12-29-28(18-23)34(14-16-38-29)13-6-15-36-4/h7-12,18,22,25,27,30,32H,6,13-17,19-21H2,1-5H3/t22?,25-,27?,30?/m0/s1. The van der Waals surface area contributed by atoms with Gasteiger partial charge in [0.2, 0.25) is 0 Å². The van der Waals surface area contributed by atoms with Gasteiger partial charge >= 0.3 is 6.09 Å². The van der Waals surface area contributed by atoms with Gasteiger partial charge in [0.25, 0.3) is 0 Å². The Hall–Kier alpha value is -3.01. The van der Waals surface area contributed by atoms with Crippen LogP contribution < -0.4 is 19.7 Å². The minimum Gasteiger partial charge on any atom is -0.497 e. The van der Waals surface area contributed by atoms with Crippen LogP contribution in [-0.2, 0) is 20.8 Å². The van der Waals surface area contributed by atoms with Crippen LogP contribution in [0.3, 0.4) is 0 Å². The first-order chi connectivity index (χ1) is 19.4. The molecule has 3 unspecified atom stereocenters. The second-order valence-corrected chi connectivity index (χ2v) is 10.9. The molecule has 0 saturated carbocycles. The number of hydrogen-bond acceptors (Lipinski definition) is 8. The third-order valence-corrected chi connectivity index (χ3v) is 7.65. The molecule has 4 rings (SSSR count). The van der Waals surface area contributed by atoms with Crippen molar-refractivity contribution in [3.05, 3.63) is 53.6 Å². The second kappa shape index (κ2) is 14.6. The fourth-order valence-corrected chi connectivity index (χ4v) is 5.49. The van der Waals surface area contributed by atoms with E-state index in [0.717, 1.165) is 61.7 Å². The Morgan fingerprint density at radius 2 is 1.98 bits per heavy atom. The van der Waals surface area contributed by atoms with Gasteiger partial charge in [0.1, 0.15) is 24.2 Å². The lowest BCUT2D eigenvalue weighted by molar-refractivity contribution is -0.00256. The minimum atomic E-state index is -0.316. The van der Waals surface area contributed by atoms with Crippen molar-refractivity contribution in [2.75, 3.05) is 66.1 Å². The number of nitrogens with one attached hydrogen (secondary N) is 1. The number of hydrogen-bond donors (Lipinski definition) is 1. The molecule has 0 aliphatic carbocycles. The number of carbonyl (C=O) groups excluding carboxylic acids is 1. The molecule has 2 aromatic rings. The van der Waals surface area contributed by atoms with Gasteiger partial charge in [0.15, 0.2) is 0 Å². The Labute approximate surface area is 238 Å². The lowest BCUT2D eigenvalue weighted by Gasteiger charge is -2.38. The number of carbonyl (C=O) groups is 1. The predicted octanol–water partition coefficient (Wildman–Crippen LogP) is 4.44. The summed E-state index contributed by atoms with van der Waals surface area (Å²) in [5.74, 6) is 1.96. The first-order valence-electron chi connectivity index (χ1n) is 14.2. The monoisotopic (exact) mass is 555 g/mol. The Morgan fingerprint density at radius 3 is 2.70 bits per heavy atom. The largest absolute Gasteiger partial charge is 0.497 e. The van der Waals surface area contributed by atoms with E-state index in [1.54, 1.807) is 28.3 Å². The number of rotatable bonds is 12. The second-order valence-electron chi connectivity index (χ2n) is 10.9. The average molecular weight is 556 g/mol. The molecule has 9 heteroatoms. The van der Waals surface area contributed by atoms with Crippen LogP contribution in [0.25, 0.3) is 0 Å². The first kappa shape index (κ1) is 30.0. The fraction of sp³-hybridized carbons (Fsp3) is 0.581. The van der Waals surface area contributed by atoms with E-state index in [-0.39, 0.29) is 30.3 Å². The van der Waals surface area contributed by atoms with Gasteiger partial charge in [-0.05, 0) is 61.6 Å². The van der Waals surface area contributed by atoms with Gasteiger partial charge in [0.05, 0.1) is 32.1 Å². The number of ether oxygens (including phenoxy) is 5. The molecule has 2 aromatic carbocycles. The van der Waals surface area contributed by atoms with Gasteiger partial charge in [-0.25, -0.2) is 4.79 Å². The maximum absolute atomic E-state index is 12.0. The zero-order valence-corrected chi connectivity index (χ0v) is 24.6. The van der Waals surface area contributed by atoms with Crippen molar-refractivity contribution in [1.82, 2.24) is 10.2 Å². The Kier molecular flexibility index (Phi) is 10.9. The molecule has 9 nitrogen and oxygen atoms in total. The smallest absolute Gasteiger partial charge is 0.409 e. The van der Waals surface area contributed by atoms with Crippen LogP contribution in [0, 0.1) is 0 Å². The number of anilines is 1. The zero-order chi connectivity index (χ0) is 28.5. The Bertz CT molecular complexity index is 1080. The van der Waals surface area contributed by atoms with Crippen molar-refractivity contribution in [2.24, 2.45) is 0 Å². The summed E-state index contributed by atoms with van der Waals surface area (Å²) in [6.07, 6.45) is 2.08. The lowest BCUT2D eigenvalue weighted by Crippen LogP contribution is -2.48. The van der Waals surface area contributed by atoms with Crippen LogP contribution in [0.4, 0.5) is 10.5 Å². The van der Waals surface area contributed by atoms with Crippen LogP contribution >= 0.6 is 0 Å². The number of piperidine rings is 1. The number of methoxy groups -OCH3 is 2. The van der Waals surface area contributed by atoms with E-state index in [1.165, 1.54) is 10.5 Å². The molecule has 40 heavy (non-hydrogen) atoms. The van der Waals surface area contributed by atoms with Crippen molar-refractivity contribution >= 4 is 11.8 Å². The summed E-state index contributed by atoms with van der Waals surface area (Å²) in [5.41, 5.74) is 3.47. The Morgan fingerprint density at radius 1 is 1.18 bits per heavy atom. The van der Waals surface area contributed by atoms with Crippen LogP contribution in [-0.4, -0.2) is 90.4 Å². The number of amides is 1. The highest BCUT2D eigenvalue weighted by Crippen LogP contribution is 2.35. The number of benzene rings is 2. The molecule has 1 amide bonds. The van der Waals surface area contributed by atoms with Crippen LogP contribution in [0.5, 0.6) is 11.5 Å². The van der Waals surface area contributed by atoms with Gasteiger partial charge in [-0.1, -0.05) is 18.2 Å². The van der Waals surface area contributed by atoms with E-state index >= 15 is 0 Å². The van der Waals surface area contributed by atoms with Crippen LogP contribution in [0.15, 0.2) is 42.5 Å². The van der Waals surface area contributed by atoms with Gasteiger partial charge in [-0.3, -0.25) is 0 Å². The molecule has 220 valence electrons. The topological polar surface area (TPSA) is 81.7 Å². The molecular formula is C31H45N3O6. The highest BCUT2D eigenvalue weighted by Gasteiger charge is 2.33. The average Bonchev–Trinajstić information content (AvgIpc) is 2.96. The highest BCUT2D eigenvalue weighted by molar-refractivity contribution is 5.66. The molecule has 0 bridgehead atoms. The third kappa shape index (κ3) is 8.02. The van der Waals surface area contributed by atoms with Gasteiger partial charge in [0, 0.05) is 52.9 Å². The molecule has 2 aliphatic rings. The van der Waals surface area contributed by atoms with Crippen molar-refractivity contribution in [3.8, 4) is 11.5 Å². The minimum absolute atomic E-state index is 0.00522. The van der Waals surface area contributed by atoms with E-state index in [2.05, 4.69) is 40.5 Å². The van der Waals surface area contributed by atoms with Crippen molar-refractivity contribution in [3.63, 3.8) is 0 Å². The highest BCUT2D eigenvalue weighted by atomic mass is 16.6. The summed E-state index contributed by atoms with van der Waals surface area (Å²) in [7, 11) is 6.82. The predicted molar refractivity (Wildman–Crippen MR) is 156 cm³/mol. The number of nitrogens with zero attached hydrogens (tertiary/aromatic N) is 2. The quantitative estimate of drug-likeness (QED) is 0.385. The Balaban J connectivity index is 1.43. The van der Waals surface area contributed by atoms with Gasteiger partial charge < -0.3 is 38.8 Å². The molecular weight excluding hydrogens is 510 g/mol. The summed E-state index contributed by atoms with van der Waals surface area (Å²) in [4.78, 5) is 15.9.